The van der Waals surface area contributed by atoms with Crippen molar-refractivity contribution in [2.24, 2.45) is 13.0 Å². The van der Waals surface area contributed by atoms with E-state index in [2.05, 4.69) is 29.5 Å². The van der Waals surface area contributed by atoms with Crippen LogP contribution in [0.2, 0.25) is 0 Å². The Bertz CT molecular complexity index is 362. The van der Waals surface area contributed by atoms with Gasteiger partial charge in [0.2, 0.25) is 0 Å². The number of nitrogens with one attached hydrogen (secondary N) is 1. The van der Waals surface area contributed by atoms with Crippen LogP contribution >= 0.6 is 0 Å². The zero-order valence-electron chi connectivity index (χ0n) is 10.8. The standard InChI is InChI=1S/C11H20N4O2/c1-8(2)5-10(11(16)17-4)12-6-9-7-13-14-15(9)3/h7-8,10,12H,5-6H2,1-4H3. The lowest BCUT2D eigenvalue weighted by molar-refractivity contribution is -0.143. The first-order valence-electron chi connectivity index (χ1n) is 5.69. The summed E-state index contributed by atoms with van der Waals surface area (Å²) in [5.74, 6) is 0.199. The number of aryl methyl sites for hydroxylation is 1. The van der Waals surface area contributed by atoms with E-state index in [1.807, 2.05) is 7.05 Å². The van der Waals surface area contributed by atoms with E-state index >= 15 is 0 Å². The molecule has 1 unspecified atom stereocenters. The van der Waals surface area contributed by atoms with Crippen molar-refractivity contribution in [3.8, 4) is 0 Å². The number of hydrogen-bond acceptors (Lipinski definition) is 5. The van der Waals surface area contributed by atoms with Gasteiger partial charge in [-0.25, -0.2) is 0 Å². The highest BCUT2D eigenvalue weighted by Crippen LogP contribution is 2.07. The van der Waals surface area contributed by atoms with E-state index in [0.717, 1.165) is 12.1 Å². The quantitative estimate of drug-likeness (QED) is 0.733. The van der Waals surface area contributed by atoms with Crippen molar-refractivity contribution in [3.05, 3.63) is 11.9 Å². The van der Waals surface area contributed by atoms with Crippen LogP contribution in [0.4, 0.5) is 0 Å². The van der Waals surface area contributed by atoms with Gasteiger partial charge in [-0.2, -0.15) is 0 Å². The van der Waals surface area contributed by atoms with E-state index < -0.39 is 0 Å². The van der Waals surface area contributed by atoms with E-state index in [9.17, 15) is 4.79 Å². The monoisotopic (exact) mass is 240 g/mol. The summed E-state index contributed by atoms with van der Waals surface area (Å²) in [6.45, 7) is 4.70. The van der Waals surface area contributed by atoms with E-state index in [4.69, 9.17) is 4.74 Å². The summed E-state index contributed by atoms with van der Waals surface area (Å²) in [6, 6.07) is -0.283. The number of nitrogens with zero attached hydrogens (tertiary/aromatic N) is 3. The molecule has 1 aromatic heterocycles. The van der Waals surface area contributed by atoms with Gasteiger partial charge in [-0.05, 0) is 12.3 Å². The lowest BCUT2D eigenvalue weighted by Gasteiger charge is -2.18. The molecule has 0 radical (unpaired) electrons. The zero-order chi connectivity index (χ0) is 12.8. The molecule has 1 atom stereocenters. The van der Waals surface area contributed by atoms with E-state index in [0.29, 0.717) is 12.5 Å². The van der Waals surface area contributed by atoms with E-state index in [1.165, 1.54) is 7.11 Å². The molecule has 1 N–H and O–H groups in total. The highest BCUT2D eigenvalue weighted by Gasteiger charge is 2.20. The summed E-state index contributed by atoms with van der Waals surface area (Å²) >= 11 is 0. The van der Waals surface area contributed by atoms with Gasteiger partial charge in [0.15, 0.2) is 0 Å². The summed E-state index contributed by atoms with van der Waals surface area (Å²) in [4.78, 5) is 11.6. The van der Waals surface area contributed by atoms with Crippen LogP contribution in [0.25, 0.3) is 0 Å². The van der Waals surface area contributed by atoms with Crippen molar-refractivity contribution in [1.29, 1.82) is 0 Å². The molecular formula is C11H20N4O2. The highest BCUT2D eigenvalue weighted by atomic mass is 16.5. The molecule has 0 aromatic carbocycles. The number of carbonyl (C=O) groups is 1. The van der Waals surface area contributed by atoms with Crippen LogP contribution in [0, 0.1) is 5.92 Å². The Morgan fingerprint density at radius 2 is 2.29 bits per heavy atom. The molecule has 0 saturated carbocycles. The highest BCUT2D eigenvalue weighted by molar-refractivity contribution is 5.75. The smallest absolute Gasteiger partial charge is 0.322 e. The van der Waals surface area contributed by atoms with E-state index in [-0.39, 0.29) is 12.0 Å². The van der Waals surface area contributed by atoms with Gasteiger partial charge in [-0.1, -0.05) is 19.1 Å². The maximum Gasteiger partial charge on any atom is 0.322 e. The minimum atomic E-state index is -0.283. The molecule has 6 nitrogen and oxygen atoms in total. The van der Waals surface area contributed by atoms with Gasteiger partial charge in [0.1, 0.15) is 6.04 Å². The third kappa shape index (κ3) is 4.14. The van der Waals surface area contributed by atoms with Gasteiger partial charge in [0.05, 0.1) is 19.0 Å². The van der Waals surface area contributed by atoms with Crippen LogP contribution in [0.5, 0.6) is 0 Å². The second-order valence-electron chi connectivity index (χ2n) is 4.44. The Morgan fingerprint density at radius 1 is 1.59 bits per heavy atom. The van der Waals surface area contributed by atoms with Crippen molar-refractivity contribution in [3.63, 3.8) is 0 Å². The molecule has 0 aliphatic carbocycles. The average Bonchev–Trinajstić information content (AvgIpc) is 2.68. The average molecular weight is 240 g/mol. The molecule has 0 fully saturated rings. The molecule has 0 amide bonds. The topological polar surface area (TPSA) is 69.0 Å². The van der Waals surface area contributed by atoms with Crippen LogP contribution in [-0.2, 0) is 23.1 Å². The molecule has 0 aliphatic heterocycles. The maximum absolute atomic E-state index is 11.6. The maximum atomic E-state index is 11.6. The molecule has 1 aromatic rings. The van der Waals surface area contributed by atoms with Gasteiger partial charge in [0, 0.05) is 13.6 Å². The number of hydrogen-bond donors (Lipinski definition) is 1. The first-order valence-corrected chi connectivity index (χ1v) is 5.69. The minimum absolute atomic E-state index is 0.228. The second kappa shape index (κ2) is 6.34. The number of esters is 1. The Kier molecular flexibility index (Phi) is 5.09. The predicted molar refractivity (Wildman–Crippen MR) is 63.1 cm³/mol. The van der Waals surface area contributed by atoms with Crippen molar-refractivity contribution in [2.45, 2.75) is 32.9 Å². The third-order valence-electron chi connectivity index (χ3n) is 2.53. The van der Waals surface area contributed by atoms with Crippen LogP contribution in [0.1, 0.15) is 26.0 Å². The second-order valence-corrected chi connectivity index (χ2v) is 4.44. The van der Waals surface area contributed by atoms with Crippen LogP contribution in [0.15, 0.2) is 6.20 Å². The number of carbonyl (C=O) groups excluding carboxylic acids is 1. The molecule has 0 saturated heterocycles. The number of methoxy groups -OCH3 is 1. The van der Waals surface area contributed by atoms with Gasteiger partial charge in [0.25, 0.3) is 0 Å². The lowest BCUT2D eigenvalue weighted by Crippen LogP contribution is -2.38. The molecule has 1 rings (SSSR count). The molecule has 1 heterocycles. The summed E-state index contributed by atoms with van der Waals surface area (Å²) < 4.78 is 6.45. The van der Waals surface area contributed by atoms with E-state index in [1.54, 1.807) is 10.9 Å². The number of ether oxygens (including phenoxy) is 1. The number of rotatable bonds is 6. The molecule has 17 heavy (non-hydrogen) atoms. The summed E-state index contributed by atoms with van der Waals surface area (Å²) in [5, 5.41) is 10.8. The van der Waals surface area contributed by atoms with Crippen molar-refractivity contribution < 1.29 is 9.53 Å². The summed E-state index contributed by atoms with van der Waals surface area (Å²) in [7, 11) is 3.22. The SMILES string of the molecule is COC(=O)C(CC(C)C)NCc1cnnn1C. The van der Waals surface area contributed by atoms with Gasteiger partial charge in [-0.15, -0.1) is 5.10 Å². The molecule has 0 aliphatic rings. The fourth-order valence-electron chi connectivity index (χ4n) is 1.58. The minimum Gasteiger partial charge on any atom is -0.468 e. The molecule has 6 heteroatoms. The van der Waals surface area contributed by atoms with Crippen molar-refractivity contribution >= 4 is 5.97 Å². The summed E-state index contributed by atoms with van der Waals surface area (Å²) in [6.07, 6.45) is 2.43. The predicted octanol–water partition coefficient (Wildman–Crippen LogP) is 0.492. The van der Waals surface area contributed by atoms with Gasteiger partial charge in [-0.3, -0.25) is 14.8 Å². The molecule has 0 spiro atoms. The third-order valence-corrected chi connectivity index (χ3v) is 2.53. The van der Waals surface area contributed by atoms with Crippen molar-refractivity contribution in [1.82, 2.24) is 20.3 Å². The fourth-order valence-corrected chi connectivity index (χ4v) is 1.58. The number of aromatic nitrogens is 3. The van der Waals surface area contributed by atoms with Crippen LogP contribution < -0.4 is 5.32 Å². The van der Waals surface area contributed by atoms with Gasteiger partial charge >= 0.3 is 5.97 Å². The van der Waals surface area contributed by atoms with Gasteiger partial charge < -0.3 is 4.74 Å². The normalized spacial score (nSPS) is 12.8. The van der Waals surface area contributed by atoms with Crippen LogP contribution in [0.3, 0.4) is 0 Å². The van der Waals surface area contributed by atoms with Crippen molar-refractivity contribution in [2.75, 3.05) is 7.11 Å². The first kappa shape index (κ1) is 13.6. The molecule has 96 valence electrons. The zero-order valence-corrected chi connectivity index (χ0v) is 10.8. The fraction of sp³-hybridized carbons (Fsp3) is 0.727. The molecule has 0 bridgehead atoms. The Hall–Kier alpha value is -1.43. The Morgan fingerprint density at radius 3 is 2.76 bits per heavy atom. The Labute approximate surface area is 101 Å². The summed E-state index contributed by atoms with van der Waals surface area (Å²) in [5.41, 5.74) is 0.933. The van der Waals surface area contributed by atoms with Crippen LogP contribution in [-0.4, -0.2) is 34.1 Å². The largest absolute Gasteiger partial charge is 0.468 e. The Balaban J connectivity index is 2.55. The lowest BCUT2D eigenvalue weighted by atomic mass is 10.0. The molecular weight excluding hydrogens is 220 g/mol. The first-order chi connectivity index (χ1) is 8.04.